The first kappa shape index (κ1) is 119. The maximum atomic E-state index is 11.9. The maximum absolute atomic E-state index is 11.9. The molecule has 0 saturated heterocycles. The van der Waals surface area contributed by atoms with Gasteiger partial charge in [0.05, 0.1) is 130 Å². The Hall–Kier alpha value is -10.1. The van der Waals surface area contributed by atoms with Crippen LogP contribution in [-0.2, 0) is 68.3 Å². The summed E-state index contributed by atoms with van der Waals surface area (Å²) in [6.07, 6.45) is 12.0. The monoisotopic (exact) mass is 2080 g/mol. The van der Waals surface area contributed by atoms with Crippen LogP contribution >= 0.6 is 0 Å². The van der Waals surface area contributed by atoms with Crippen LogP contribution in [0, 0.1) is 61.3 Å². The molecule has 0 aromatic heterocycles. The average molecular weight is 2080 g/mol. The van der Waals surface area contributed by atoms with Gasteiger partial charge in [0.2, 0.25) is 0 Å². The number of nitrogens with zero attached hydrogens (tertiary/aromatic N) is 12. The molecule has 0 N–H and O–H groups in total. The van der Waals surface area contributed by atoms with E-state index in [9.17, 15) is 40.9 Å². The van der Waals surface area contributed by atoms with Gasteiger partial charge in [-0.3, -0.25) is 39.9 Å². The van der Waals surface area contributed by atoms with Crippen molar-refractivity contribution in [3.8, 4) is 92.0 Å². The van der Waals surface area contributed by atoms with E-state index in [2.05, 4.69) is 39.9 Å². The van der Waals surface area contributed by atoms with Gasteiger partial charge in [0.15, 0.2) is 0 Å². The number of rotatable bonds is 28. The van der Waals surface area contributed by atoms with Gasteiger partial charge in [-0.25, -0.2) is 0 Å². The van der Waals surface area contributed by atoms with Crippen LogP contribution in [0.2, 0.25) is 0 Å². The smallest absolute Gasteiger partial charge is 0.870 e. The first-order valence-corrected chi connectivity index (χ1v) is 31.6. The second-order valence-corrected chi connectivity index (χ2v) is 20.2. The number of methoxy groups -OCH3 is 8. The van der Waals surface area contributed by atoms with E-state index in [0.717, 1.165) is 0 Å². The topological polar surface area (TPSA) is 622 Å². The van der Waals surface area contributed by atoms with E-state index in [0.29, 0.717) is 96.9 Å². The summed E-state index contributed by atoms with van der Waals surface area (Å²) >= 11 is 0. The van der Waals surface area contributed by atoms with Crippen molar-refractivity contribution in [2.45, 2.75) is 0 Å². The molecule has 0 spiro atoms. The largest absolute Gasteiger partial charge is 2.00 e. The van der Waals surface area contributed by atoms with Gasteiger partial charge in [-0.15, -0.1) is 0 Å². The van der Waals surface area contributed by atoms with Gasteiger partial charge in [0.25, 0.3) is 0 Å². The Kier molecular flexibility index (Phi) is 71.6. The molecule has 40 nitrogen and oxygen atoms in total. The Morgan fingerprint density at radius 1 is 0.220 bits per heavy atom. The summed E-state index contributed by atoms with van der Waals surface area (Å²) in [5, 5.41) is 154. The van der Waals surface area contributed by atoms with E-state index >= 15 is 0 Å². The summed E-state index contributed by atoms with van der Waals surface area (Å²) in [5.74, 6) is 0.760. The van der Waals surface area contributed by atoms with Crippen molar-refractivity contribution < 1.29 is 167 Å². The number of hydrogen-bond donors (Lipinski definition) is 0. The zero-order valence-corrected chi connectivity index (χ0v) is 76.2. The standard InChI is InChI=1S/4C18H20N2O4.2Ba.4Cu.4NO3/c4*1-23-15-7-3-5-13(17(15)21)11-19-9-10-20-12-14-6-4-8-16(24-2)18(14)22;;;;;;;4*2-1(3)4/h4*3-8,11-12,21-22H,9-10H2,1-2H3;;;;;;;;;;/q;;;;6*+2;4*-1/p-8. The SMILES string of the molecule is COc1cccc(C=NCCN=Cc2cccc(OC)c2[O-])c1[O-].COc1cccc(C=NCCN=Cc2cccc(OC)c2[O-])c1[O-].COc1cccc(C=NCCN=Cc2cccc(OC)c2[O-])c1[O-].COc1cccc(C=NCCN=Cc2cccc(OC)c2[O-])c1[O-].O=[N+]([O-])[O-].O=[N+]([O-])[O-].O=[N+]([O-])[O-].O=[N+]([O-])[O-].[Ba+2].[Ba+2].[Cu+2].[Cu+2].[Cu+2].[Cu+2]. The number of benzene rings is 8. The van der Waals surface area contributed by atoms with Crippen molar-refractivity contribution in [2.75, 3.05) is 109 Å². The van der Waals surface area contributed by atoms with E-state index in [1.807, 2.05) is 0 Å². The Morgan fingerprint density at radius 2 is 0.305 bits per heavy atom. The van der Waals surface area contributed by atoms with Crippen molar-refractivity contribution in [2.24, 2.45) is 39.9 Å². The molecule has 636 valence electrons. The van der Waals surface area contributed by atoms with Crippen LogP contribution in [-0.4, -0.2) is 277 Å². The van der Waals surface area contributed by atoms with Gasteiger partial charge in [-0.05, 0) is 93.0 Å². The van der Waals surface area contributed by atoms with Gasteiger partial charge in [0.1, 0.15) is 46.0 Å². The van der Waals surface area contributed by atoms with E-state index in [1.165, 1.54) is 107 Å². The third-order valence-corrected chi connectivity index (χ3v) is 13.1. The van der Waals surface area contributed by atoms with Gasteiger partial charge < -0.3 is 140 Å². The third kappa shape index (κ3) is 49.2. The molecule has 8 rings (SSSR count). The predicted molar refractivity (Wildman–Crippen MR) is 412 cm³/mol. The molecule has 0 bridgehead atoms. The zero-order chi connectivity index (χ0) is 83.8. The fourth-order valence-corrected chi connectivity index (χ4v) is 8.13. The van der Waals surface area contributed by atoms with E-state index < -0.39 is 20.3 Å². The van der Waals surface area contributed by atoms with Crippen molar-refractivity contribution in [3.05, 3.63) is 251 Å². The Bertz CT molecular complexity index is 3680. The van der Waals surface area contributed by atoms with Gasteiger partial charge in [0, 0.05) is 49.7 Å². The molecule has 0 fully saturated rings. The van der Waals surface area contributed by atoms with Crippen molar-refractivity contribution >= 4 is 147 Å². The normalized spacial score (nSPS) is 9.97. The number of para-hydroxylation sites is 8. The van der Waals surface area contributed by atoms with Crippen LogP contribution in [0.25, 0.3) is 0 Å². The fourth-order valence-electron chi connectivity index (χ4n) is 8.13. The minimum atomic E-state index is -1.75. The molecule has 0 atom stereocenters. The molecule has 118 heavy (non-hydrogen) atoms. The number of aliphatic imine (C=N–C) groups is 8. The summed E-state index contributed by atoms with van der Waals surface area (Å²) in [6, 6.07) is 40.2. The molecule has 0 heterocycles. The first-order valence-electron chi connectivity index (χ1n) is 31.6. The van der Waals surface area contributed by atoms with Gasteiger partial charge in [-0.2, -0.15) is 0 Å². The van der Waals surface area contributed by atoms with Gasteiger partial charge >= 0.3 is 166 Å². The molecule has 0 saturated carbocycles. The molecule has 8 aromatic rings. The summed E-state index contributed by atoms with van der Waals surface area (Å²) in [4.78, 5) is 66.3. The Morgan fingerprint density at radius 3 is 0.381 bits per heavy atom. The summed E-state index contributed by atoms with van der Waals surface area (Å²) in [7, 11) is 11.6. The van der Waals surface area contributed by atoms with Crippen LogP contribution < -0.4 is 78.7 Å². The van der Waals surface area contributed by atoms with Crippen LogP contribution in [0.5, 0.6) is 92.0 Å². The van der Waals surface area contributed by atoms with Crippen molar-refractivity contribution in [1.29, 1.82) is 0 Å². The molecule has 0 aliphatic heterocycles. The zero-order valence-electron chi connectivity index (χ0n) is 63.5. The Balaban J connectivity index is -0.000000327. The Labute approximate surface area is 798 Å². The molecular weight excluding hydrogens is 2010 g/mol. The summed E-state index contributed by atoms with van der Waals surface area (Å²) in [6.45, 7) is 3.26. The van der Waals surface area contributed by atoms with E-state index in [-0.39, 0.29) is 258 Å². The fraction of sp³-hybridized carbons (Fsp3) is 0.222. The van der Waals surface area contributed by atoms with Crippen LogP contribution in [0.3, 0.4) is 0 Å². The second-order valence-electron chi connectivity index (χ2n) is 20.2. The molecular formula is C72H72Ba2Cu4N12O28. The summed E-state index contributed by atoms with van der Waals surface area (Å²) < 4.78 is 39.8. The molecule has 4 radical (unpaired) electrons. The second kappa shape index (κ2) is 71.1. The third-order valence-electron chi connectivity index (χ3n) is 13.1. The van der Waals surface area contributed by atoms with E-state index in [4.69, 9.17) is 99.2 Å². The number of hydrogen-bond acceptors (Lipinski definition) is 36. The van der Waals surface area contributed by atoms with Crippen LogP contribution in [0.15, 0.2) is 186 Å². The van der Waals surface area contributed by atoms with Crippen LogP contribution in [0.1, 0.15) is 44.5 Å². The predicted octanol–water partition coefficient (Wildman–Crippen LogP) is 3.83. The molecule has 0 amide bonds. The molecule has 0 aliphatic rings. The van der Waals surface area contributed by atoms with Crippen LogP contribution in [0.4, 0.5) is 0 Å². The molecule has 0 unspecified atom stereocenters. The van der Waals surface area contributed by atoms with E-state index in [1.54, 1.807) is 146 Å². The minimum absolute atomic E-state index is 0. The van der Waals surface area contributed by atoms with Crippen molar-refractivity contribution in [3.63, 3.8) is 0 Å². The molecule has 46 heteroatoms. The molecule has 0 aliphatic carbocycles. The maximum Gasteiger partial charge on any atom is 2.00 e. The minimum Gasteiger partial charge on any atom is -0.870 e. The summed E-state index contributed by atoms with van der Waals surface area (Å²) in [5.41, 5.74) is 3.73. The van der Waals surface area contributed by atoms with Crippen molar-refractivity contribution in [1.82, 2.24) is 0 Å². The molecule has 8 aromatic carbocycles. The quantitative estimate of drug-likeness (QED) is 0.0221. The number of ether oxygens (including phenoxy) is 8. The average Bonchev–Trinajstić information content (AvgIpc) is 0.908. The van der Waals surface area contributed by atoms with Gasteiger partial charge in [-0.1, -0.05) is 143 Å². The first-order chi connectivity index (χ1) is 53.6.